The number of nitrogens with zero attached hydrogens (tertiary/aromatic N) is 1. The van der Waals surface area contributed by atoms with Crippen molar-refractivity contribution in [3.8, 4) is 11.5 Å². The smallest absolute Gasteiger partial charge is 0.198 e. The van der Waals surface area contributed by atoms with Gasteiger partial charge >= 0.3 is 0 Å². The van der Waals surface area contributed by atoms with Crippen molar-refractivity contribution in [2.24, 2.45) is 0 Å². The van der Waals surface area contributed by atoms with Gasteiger partial charge in [0.1, 0.15) is 5.75 Å². The van der Waals surface area contributed by atoms with E-state index in [9.17, 15) is 8.78 Å². The van der Waals surface area contributed by atoms with E-state index in [2.05, 4.69) is 5.32 Å². The van der Waals surface area contributed by atoms with Crippen molar-refractivity contribution in [1.29, 1.82) is 0 Å². The highest BCUT2D eigenvalue weighted by atomic mass is 19.1. The van der Waals surface area contributed by atoms with Crippen molar-refractivity contribution >= 4 is 5.69 Å². The third-order valence-electron chi connectivity index (χ3n) is 2.99. The molecule has 0 spiro atoms. The summed E-state index contributed by atoms with van der Waals surface area (Å²) in [6.45, 7) is 0.393. The average Bonchev–Trinajstić information content (AvgIpc) is 2.43. The van der Waals surface area contributed by atoms with Gasteiger partial charge < -0.3 is 15.0 Å². The molecule has 0 aliphatic carbocycles. The van der Waals surface area contributed by atoms with Crippen molar-refractivity contribution in [2.45, 2.75) is 6.54 Å². The number of hydrogen-bond donors (Lipinski definition) is 1. The standard InChI is InChI=1S/C16H18F2N2O/c1-19-10-11-7-14(17)16(15(18)8-11)21-13-6-4-5-12(9-13)20(2)3/h4-9,19H,10H2,1-3H3. The Hall–Kier alpha value is -2.14. The molecule has 3 nitrogen and oxygen atoms in total. The van der Waals surface area contributed by atoms with Gasteiger partial charge in [-0.2, -0.15) is 0 Å². The zero-order chi connectivity index (χ0) is 15.4. The largest absolute Gasteiger partial charge is 0.451 e. The lowest BCUT2D eigenvalue weighted by Gasteiger charge is -2.14. The number of anilines is 1. The molecule has 0 atom stereocenters. The summed E-state index contributed by atoms with van der Waals surface area (Å²) in [5, 5.41) is 2.85. The predicted octanol–water partition coefficient (Wildman–Crippen LogP) is 3.54. The van der Waals surface area contributed by atoms with E-state index >= 15 is 0 Å². The van der Waals surface area contributed by atoms with Crippen LogP contribution in [0.4, 0.5) is 14.5 Å². The minimum absolute atomic E-state index is 0.384. The normalized spacial score (nSPS) is 10.5. The SMILES string of the molecule is CNCc1cc(F)c(Oc2cccc(N(C)C)c2)c(F)c1. The Kier molecular flexibility index (Phi) is 4.75. The number of ether oxygens (including phenoxy) is 1. The van der Waals surface area contributed by atoms with Crippen LogP contribution in [0.5, 0.6) is 11.5 Å². The average molecular weight is 292 g/mol. The molecule has 2 aromatic carbocycles. The van der Waals surface area contributed by atoms with Crippen LogP contribution in [0.3, 0.4) is 0 Å². The highest BCUT2D eigenvalue weighted by Crippen LogP contribution is 2.30. The quantitative estimate of drug-likeness (QED) is 0.912. The molecule has 2 rings (SSSR count). The van der Waals surface area contributed by atoms with Crippen LogP contribution in [0.2, 0.25) is 0 Å². The highest BCUT2D eigenvalue weighted by molar-refractivity contribution is 5.50. The molecule has 0 saturated heterocycles. The Morgan fingerprint density at radius 3 is 2.33 bits per heavy atom. The van der Waals surface area contributed by atoms with E-state index in [0.717, 1.165) is 5.69 Å². The number of hydrogen-bond acceptors (Lipinski definition) is 3. The van der Waals surface area contributed by atoms with Crippen molar-refractivity contribution in [3.05, 3.63) is 53.6 Å². The van der Waals surface area contributed by atoms with Crippen LogP contribution in [-0.2, 0) is 6.54 Å². The summed E-state index contributed by atoms with van der Waals surface area (Å²) in [5.74, 6) is -1.42. The number of halogens is 2. The second kappa shape index (κ2) is 6.54. The van der Waals surface area contributed by atoms with Crippen molar-refractivity contribution in [2.75, 3.05) is 26.0 Å². The van der Waals surface area contributed by atoms with Crippen LogP contribution in [-0.4, -0.2) is 21.1 Å². The molecular weight excluding hydrogens is 274 g/mol. The summed E-state index contributed by atoms with van der Waals surface area (Å²) in [6.07, 6.45) is 0. The van der Waals surface area contributed by atoms with Gasteiger partial charge in [-0.05, 0) is 36.9 Å². The topological polar surface area (TPSA) is 24.5 Å². The van der Waals surface area contributed by atoms with Crippen LogP contribution in [0, 0.1) is 11.6 Å². The molecule has 0 aromatic heterocycles. The highest BCUT2D eigenvalue weighted by Gasteiger charge is 2.14. The Balaban J connectivity index is 2.29. The fraction of sp³-hybridized carbons (Fsp3) is 0.250. The molecular formula is C16H18F2N2O. The lowest BCUT2D eigenvalue weighted by atomic mass is 10.2. The molecule has 2 aromatic rings. The lowest BCUT2D eigenvalue weighted by Crippen LogP contribution is -2.08. The van der Waals surface area contributed by atoms with Gasteiger partial charge in [0.15, 0.2) is 17.4 Å². The Morgan fingerprint density at radius 1 is 1.10 bits per heavy atom. The predicted molar refractivity (Wildman–Crippen MR) is 80.0 cm³/mol. The van der Waals surface area contributed by atoms with Crippen LogP contribution in [0.15, 0.2) is 36.4 Å². The molecule has 0 fully saturated rings. The molecule has 112 valence electrons. The van der Waals surface area contributed by atoms with Gasteiger partial charge in [0.2, 0.25) is 0 Å². The van der Waals surface area contributed by atoms with E-state index in [1.807, 2.05) is 25.1 Å². The number of rotatable bonds is 5. The first-order valence-electron chi connectivity index (χ1n) is 6.59. The summed E-state index contributed by atoms with van der Waals surface area (Å²) in [6, 6.07) is 9.58. The molecule has 0 aliphatic rings. The monoisotopic (exact) mass is 292 g/mol. The molecule has 0 aliphatic heterocycles. The van der Waals surface area contributed by atoms with Gasteiger partial charge in [-0.1, -0.05) is 6.07 Å². The first kappa shape index (κ1) is 15.3. The molecule has 0 heterocycles. The maximum absolute atomic E-state index is 14.0. The molecule has 0 unspecified atom stereocenters. The summed E-state index contributed by atoms with van der Waals surface area (Å²) >= 11 is 0. The third kappa shape index (κ3) is 3.70. The van der Waals surface area contributed by atoms with E-state index < -0.39 is 11.6 Å². The van der Waals surface area contributed by atoms with Gasteiger partial charge in [-0.15, -0.1) is 0 Å². The van der Waals surface area contributed by atoms with Crippen molar-refractivity contribution < 1.29 is 13.5 Å². The van der Waals surface area contributed by atoms with Crippen molar-refractivity contribution in [1.82, 2.24) is 5.32 Å². The summed E-state index contributed by atoms with van der Waals surface area (Å²) in [5.41, 5.74) is 1.42. The fourth-order valence-corrected chi connectivity index (χ4v) is 1.96. The number of nitrogens with one attached hydrogen (secondary N) is 1. The van der Waals surface area contributed by atoms with Crippen LogP contribution in [0.25, 0.3) is 0 Å². The van der Waals surface area contributed by atoms with Gasteiger partial charge in [-0.25, -0.2) is 8.78 Å². The van der Waals surface area contributed by atoms with E-state index in [1.165, 1.54) is 12.1 Å². The van der Waals surface area contributed by atoms with E-state index in [1.54, 1.807) is 25.2 Å². The molecule has 0 radical (unpaired) electrons. The van der Waals surface area contributed by atoms with E-state index in [-0.39, 0.29) is 5.75 Å². The zero-order valence-corrected chi connectivity index (χ0v) is 12.3. The van der Waals surface area contributed by atoms with Crippen molar-refractivity contribution in [3.63, 3.8) is 0 Å². The Morgan fingerprint density at radius 2 is 1.76 bits per heavy atom. The maximum atomic E-state index is 14.0. The van der Waals surface area contributed by atoms with E-state index in [0.29, 0.717) is 17.9 Å². The second-order valence-corrected chi connectivity index (χ2v) is 4.91. The van der Waals surface area contributed by atoms with Gasteiger partial charge in [-0.3, -0.25) is 0 Å². The Bertz CT molecular complexity index is 606. The summed E-state index contributed by atoms with van der Waals surface area (Å²) in [4.78, 5) is 1.88. The van der Waals surface area contributed by atoms with Gasteiger partial charge in [0, 0.05) is 32.4 Å². The van der Waals surface area contributed by atoms with E-state index in [4.69, 9.17) is 4.74 Å². The molecule has 21 heavy (non-hydrogen) atoms. The summed E-state index contributed by atoms with van der Waals surface area (Å²) in [7, 11) is 5.48. The minimum Gasteiger partial charge on any atom is -0.451 e. The van der Waals surface area contributed by atoms with Gasteiger partial charge in [0.05, 0.1) is 0 Å². The minimum atomic E-state index is -0.712. The zero-order valence-electron chi connectivity index (χ0n) is 12.3. The first-order chi connectivity index (χ1) is 10.0. The van der Waals surface area contributed by atoms with Crippen LogP contribution in [0.1, 0.15) is 5.56 Å². The van der Waals surface area contributed by atoms with Crippen LogP contribution < -0.4 is 15.0 Å². The molecule has 1 N–H and O–H groups in total. The van der Waals surface area contributed by atoms with Crippen LogP contribution >= 0.6 is 0 Å². The molecule has 0 saturated carbocycles. The fourth-order valence-electron chi connectivity index (χ4n) is 1.96. The molecule has 5 heteroatoms. The maximum Gasteiger partial charge on any atom is 0.198 e. The molecule has 0 bridgehead atoms. The lowest BCUT2D eigenvalue weighted by molar-refractivity contribution is 0.406. The third-order valence-corrected chi connectivity index (χ3v) is 2.99. The van der Waals surface area contributed by atoms with Gasteiger partial charge in [0.25, 0.3) is 0 Å². The summed E-state index contributed by atoms with van der Waals surface area (Å²) < 4.78 is 33.3. The Labute approximate surface area is 123 Å². The molecule has 0 amide bonds. The number of benzene rings is 2. The first-order valence-corrected chi connectivity index (χ1v) is 6.59. The second-order valence-electron chi connectivity index (χ2n) is 4.91.